The fourth-order valence-corrected chi connectivity index (χ4v) is 11.5. The molecule has 2 aliphatic heterocycles. The van der Waals surface area contributed by atoms with Crippen LogP contribution in [0.3, 0.4) is 0 Å². The molecule has 5 heterocycles. The van der Waals surface area contributed by atoms with E-state index >= 15 is 0 Å². The zero-order valence-corrected chi connectivity index (χ0v) is 51.8. The summed E-state index contributed by atoms with van der Waals surface area (Å²) in [6.45, 7) is 16.7. The second-order valence-electron chi connectivity index (χ2n) is 22.0. The summed E-state index contributed by atoms with van der Waals surface area (Å²) < 4.78 is 65.9. The first-order valence-corrected chi connectivity index (χ1v) is 31.0. The smallest absolute Gasteiger partial charge is 0.410 e. The van der Waals surface area contributed by atoms with Gasteiger partial charge in [0.1, 0.15) is 23.9 Å². The number of aromatic nitrogens is 6. The van der Waals surface area contributed by atoms with Crippen LogP contribution in [0.15, 0.2) is 149 Å². The van der Waals surface area contributed by atoms with Crippen LogP contribution < -0.4 is 4.83 Å². The van der Waals surface area contributed by atoms with E-state index in [4.69, 9.17) is 49.4 Å². The van der Waals surface area contributed by atoms with Gasteiger partial charge in [0.25, 0.3) is 25.3 Å². The van der Waals surface area contributed by atoms with E-state index < -0.39 is 36.5 Å². The number of hydrazone groups is 1. The molecule has 0 radical (unpaired) electrons. The Hall–Kier alpha value is -7.30. The number of hydrogen-bond acceptors (Lipinski definition) is 15. The number of carbonyl (C=O) groups is 3. The molecule has 2 fully saturated rings. The Bertz CT molecular complexity index is 3630. The maximum Gasteiger partial charge on any atom is 0.410 e. The highest BCUT2D eigenvalue weighted by Gasteiger charge is 2.36. The predicted molar refractivity (Wildman–Crippen MR) is 324 cm³/mol. The lowest BCUT2D eigenvalue weighted by Crippen LogP contribution is -2.43. The fraction of sp³-hybridized carbons (Fsp3) is 0.350. The number of carbonyl (C=O) groups excluding carboxylic acids is 3. The second-order valence-corrected chi connectivity index (χ2v) is 26.7. The summed E-state index contributed by atoms with van der Waals surface area (Å²) in [7, 11) is -7.90. The number of nitrogens with zero attached hydrogens (tertiary/aromatic N) is 9. The summed E-state index contributed by atoms with van der Waals surface area (Å²) in [5.74, 6) is -0.126. The number of rotatable bonds is 12. The van der Waals surface area contributed by atoms with E-state index in [2.05, 4.69) is 29.9 Å². The van der Waals surface area contributed by atoms with Crippen LogP contribution in [0.1, 0.15) is 106 Å². The largest absolute Gasteiger partial charge is 0.444 e. The Morgan fingerprint density at radius 1 is 0.643 bits per heavy atom. The van der Waals surface area contributed by atoms with Gasteiger partial charge in [0.2, 0.25) is 0 Å². The SMILES string of the molecule is Cc1ccc(S(=O)(=O)N/N=C(\Cc2ccncn2)C2CCN(C(=O)OC(C)(C)C)CC2)cc1.Cc1ccc(S(=O)(=O)n2nc(C3CCN(C(=O)OC(C)(C)C)CC3)c(-c3ccncn3)c2-c2ccc(Cl)cc2)cc1.O=C(Cl)c1ccc(Cl)cc1. The van der Waals surface area contributed by atoms with Gasteiger partial charge in [-0.1, -0.05) is 70.7 Å². The molecule has 84 heavy (non-hydrogen) atoms. The summed E-state index contributed by atoms with van der Waals surface area (Å²) in [6, 6.07) is 30.2. The van der Waals surface area contributed by atoms with Crippen molar-refractivity contribution in [3.8, 4) is 22.5 Å². The van der Waals surface area contributed by atoms with Crippen molar-refractivity contribution in [1.82, 2.24) is 43.8 Å². The van der Waals surface area contributed by atoms with Crippen molar-refractivity contribution < 1.29 is 40.7 Å². The second kappa shape index (κ2) is 28.1. The first kappa shape index (κ1) is 64.3. The summed E-state index contributed by atoms with van der Waals surface area (Å²) in [4.78, 5) is 58.4. The molecule has 7 aromatic rings. The molecule has 2 aliphatic rings. The van der Waals surface area contributed by atoms with Crippen LogP contribution in [0.5, 0.6) is 0 Å². The molecule has 0 saturated carbocycles. The van der Waals surface area contributed by atoms with Crippen LogP contribution in [0.25, 0.3) is 22.5 Å². The fourth-order valence-electron chi connectivity index (χ4n) is 8.98. The third-order valence-corrected chi connectivity index (χ3v) is 16.8. The quantitative estimate of drug-likeness (QED) is 0.0680. The van der Waals surface area contributed by atoms with Gasteiger partial charge in [-0.2, -0.15) is 31.1 Å². The molecule has 444 valence electrons. The van der Waals surface area contributed by atoms with Gasteiger partial charge >= 0.3 is 12.2 Å². The zero-order chi connectivity index (χ0) is 61.0. The monoisotopic (exact) mass is 1240 g/mol. The van der Waals surface area contributed by atoms with Gasteiger partial charge in [-0.15, -0.1) is 0 Å². The van der Waals surface area contributed by atoms with Gasteiger partial charge in [-0.05, 0) is 165 Å². The van der Waals surface area contributed by atoms with Crippen molar-refractivity contribution in [2.75, 3.05) is 26.2 Å². The van der Waals surface area contributed by atoms with E-state index in [9.17, 15) is 31.2 Å². The number of nitrogens with one attached hydrogen (secondary N) is 1. The average molecular weight is 1240 g/mol. The molecule has 9 rings (SSSR count). The minimum atomic E-state index is -4.09. The molecule has 1 N–H and O–H groups in total. The number of ether oxygens (including phenoxy) is 2. The van der Waals surface area contributed by atoms with Crippen LogP contribution >= 0.6 is 34.8 Å². The molecule has 24 heteroatoms. The number of sulfonamides is 1. The lowest BCUT2D eigenvalue weighted by Gasteiger charge is -2.33. The minimum absolute atomic E-state index is 0.000583. The van der Waals surface area contributed by atoms with Gasteiger partial charge in [0.05, 0.1) is 32.4 Å². The third kappa shape index (κ3) is 17.9. The van der Waals surface area contributed by atoms with Crippen molar-refractivity contribution in [2.24, 2.45) is 11.0 Å². The summed E-state index contributed by atoms with van der Waals surface area (Å²) >= 11 is 16.9. The van der Waals surface area contributed by atoms with Gasteiger partial charge < -0.3 is 19.3 Å². The average Bonchev–Trinajstić information content (AvgIpc) is 2.79. The van der Waals surface area contributed by atoms with Gasteiger partial charge in [-0.3, -0.25) is 4.79 Å². The van der Waals surface area contributed by atoms with Gasteiger partial charge in [-0.25, -0.2) is 34.4 Å². The Kier molecular flexibility index (Phi) is 21.5. The number of hydrogen-bond donors (Lipinski definition) is 1. The Morgan fingerprint density at radius 3 is 1.61 bits per heavy atom. The highest BCUT2D eigenvalue weighted by molar-refractivity contribution is 7.90. The Balaban J connectivity index is 0.000000210. The minimum Gasteiger partial charge on any atom is -0.444 e. The highest BCUT2D eigenvalue weighted by Crippen LogP contribution is 2.42. The molecule has 0 aliphatic carbocycles. The molecule has 2 saturated heterocycles. The van der Waals surface area contributed by atoms with Crippen LogP contribution in [-0.2, 0) is 35.9 Å². The highest BCUT2D eigenvalue weighted by atomic mass is 35.5. The van der Waals surface area contributed by atoms with E-state index in [0.29, 0.717) is 108 Å². The lowest BCUT2D eigenvalue weighted by atomic mass is 9.89. The molecular weight excluding hydrogens is 1180 g/mol. The maximum absolute atomic E-state index is 14.1. The number of piperidine rings is 2. The lowest BCUT2D eigenvalue weighted by molar-refractivity contribution is 0.0192. The number of aryl methyl sites for hydroxylation is 2. The van der Waals surface area contributed by atoms with E-state index in [0.717, 1.165) is 20.9 Å². The summed E-state index contributed by atoms with van der Waals surface area (Å²) in [6.07, 6.45) is 8.29. The van der Waals surface area contributed by atoms with Crippen LogP contribution in [0.4, 0.5) is 9.59 Å². The van der Waals surface area contributed by atoms with E-state index in [1.165, 1.54) is 12.7 Å². The molecule has 2 amide bonds. The Labute approximate surface area is 505 Å². The molecule has 4 aromatic carbocycles. The van der Waals surface area contributed by atoms with Crippen molar-refractivity contribution in [3.63, 3.8) is 0 Å². The maximum atomic E-state index is 14.1. The molecular formula is C60H67Cl3N10O9S2. The molecule has 0 unspecified atom stereocenters. The number of amides is 2. The first-order chi connectivity index (χ1) is 39.7. The van der Waals surface area contributed by atoms with E-state index in [1.807, 2.05) is 55.4 Å². The predicted octanol–water partition coefficient (Wildman–Crippen LogP) is 12.3. The molecule has 3 aromatic heterocycles. The topological polar surface area (TPSA) is 238 Å². The van der Waals surface area contributed by atoms with Gasteiger partial charge in [0.15, 0.2) is 0 Å². The molecule has 0 spiro atoms. The molecule has 0 bridgehead atoms. The summed E-state index contributed by atoms with van der Waals surface area (Å²) in [5.41, 5.74) is 5.45. The first-order valence-electron chi connectivity index (χ1n) is 27.0. The Morgan fingerprint density at radius 2 is 1.13 bits per heavy atom. The molecule has 19 nitrogen and oxygen atoms in total. The van der Waals surface area contributed by atoms with Crippen molar-refractivity contribution in [1.29, 1.82) is 0 Å². The zero-order valence-electron chi connectivity index (χ0n) is 47.9. The standard InChI is InChI=1S/C30H32ClN5O4S.C23H31N5O4S.C7H4Cl2O/c1-20-5-11-24(12-6-20)41(38,39)36-28(22-7-9-23(31)10-8-22)26(25-13-16-32-19-33-25)27(34-36)21-14-17-35(18-15-21)29(37)40-30(2,3)4;1-17-5-7-20(8-6-17)33(30,31)27-26-21(15-19-9-12-24-16-25-19)18-10-13-28(14-11-18)22(29)32-23(2,3)4;8-6-3-1-5(2-4-6)7(9)10/h5-13,16,19,21H,14-15,17-18H2,1-4H3;5-9,12,16,18,27H,10-11,13-15H2,1-4H3;1-4H/b;26-21+;. The third-order valence-electron chi connectivity index (χ3n) is 13.3. The van der Waals surface area contributed by atoms with Crippen LogP contribution in [0.2, 0.25) is 10.0 Å². The van der Waals surface area contributed by atoms with Crippen LogP contribution in [-0.4, -0.2) is 116 Å². The number of benzene rings is 4. The summed E-state index contributed by atoms with van der Waals surface area (Å²) in [5, 5.41) is 9.80. The normalized spacial score (nSPS) is 14.5. The van der Waals surface area contributed by atoms with Crippen molar-refractivity contribution in [2.45, 2.75) is 114 Å². The molecule has 0 atom stereocenters. The van der Waals surface area contributed by atoms with Crippen molar-refractivity contribution >= 4 is 78.0 Å². The van der Waals surface area contributed by atoms with E-state index in [-0.39, 0.29) is 33.8 Å². The van der Waals surface area contributed by atoms with Crippen molar-refractivity contribution in [3.05, 3.63) is 172 Å². The van der Waals surface area contributed by atoms with Crippen LogP contribution in [0, 0.1) is 19.8 Å². The van der Waals surface area contributed by atoms with E-state index in [1.54, 1.807) is 131 Å². The number of likely N-dealkylation sites (tertiary alicyclic amines) is 2. The van der Waals surface area contributed by atoms with Gasteiger partial charge in [0, 0.05) is 89.4 Å². The number of halogens is 3.